The lowest BCUT2D eigenvalue weighted by Crippen LogP contribution is -2.09. The van der Waals surface area contributed by atoms with Crippen molar-refractivity contribution in [3.05, 3.63) is 48.9 Å². The molecule has 7 nitrogen and oxygen atoms in total. The molecule has 2 aromatic rings. The third kappa shape index (κ3) is 3.73. The van der Waals surface area contributed by atoms with Crippen LogP contribution in [-0.2, 0) is 0 Å². The maximum Gasteiger partial charge on any atom is 0.274 e. The number of nitrogens with two attached hydrogens (primary N) is 1. The maximum atomic E-state index is 10.8. The number of rotatable bonds is 4. The molecule has 3 N–H and O–H groups in total. The molecule has 0 amide bonds. The Balaban J connectivity index is 2.40. The monoisotopic (exact) mass is 392 g/mol. The fraction of sp³-hybridized carbons (Fsp3) is 0. The molecular weight excluding hydrogens is 387 g/mol. The van der Waals surface area contributed by atoms with Gasteiger partial charge in [0.2, 0.25) is 5.88 Å². The number of aromatic nitrogens is 1. The third-order valence-corrected chi connectivity index (χ3v) is 3.33. The lowest BCUT2D eigenvalue weighted by atomic mass is 10.3. The van der Waals surface area contributed by atoms with E-state index in [4.69, 9.17) is 33.8 Å². The van der Waals surface area contributed by atoms with Crippen LogP contribution in [0, 0.1) is 10.1 Å². The molecular formula is C11H7BrCl2N4O3. The average molecular weight is 394 g/mol. The topological polar surface area (TPSA) is 103 Å². The first-order chi connectivity index (χ1) is 9.90. The summed E-state index contributed by atoms with van der Waals surface area (Å²) in [4.78, 5) is 14.3. The van der Waals surface area contributed by atoms with Crippen molar-refractivity contribution < 1.29 is 9.66 Å². The Morgan fingerprint density at radius 1 is 1.29 bits per heavy atom. The maximum absolute atomic E-state index is 10.8. The number of benzene rings is 1. The highest BCUT2D eigenvalue weighted by Gasteiger charge is 2.14. The van der Waals surface area contributed by atoms with Crippen molar-refractivity contribution in [2.75, 3.05) is 5.43 Å². The molecule has 0 bridgehead atoms. The highest BCUT2D eigenvalue weighted by Crippen LogP contribution is 2.35. The van der Waals surface area contributed by atoms with Crippen molar-refractivity contribution in [2.45, 2.75) is 0 Å². The summed E-state index contributed by atoms with van der Waals surface area (Å²) in [5, 5.41) is 11.2. The standard InChI is InChI=1S/C11H7BrCl2N4O3/c12-5-1-6(18(19)20)3-7(2-5)21-11-9(14)4-8(13)10(16-11)17-15/h1-4H,15H2,(H,16,17). The minimum absolute atomic E-state index is 0.0152. The van der Waals surface area contributed by atoms with Crippen LogP contribution >= 0.6 is 39.1 Å². The molecule has 1 aromatic carbocycles. The van der Waals surface area contributed by atoms with Gasteiger partial charge in [-0.1, -0.05) is 39.1 Å². The zero-order valence-corrected chi connectivity index (χ0v) is 13.2. The van der Waals surface area contributed by atoms with Gasteiger partial charge in [0.15, 0.2) is 5.82 Å². The van der Waals surface area contributed by atoms with Gasteiger partial charge in [0, 0.05) is 10.5 Å². The minimum Gasteiger partial charge on any atom is -0.437 e. The molecule has 0 saturated heterocycles. The van der Waals surface area contributed by atoms with E-state index in [0.717, 1.165) is 0 Å². The predicted octanol–water partition coefficient (Wildman–Crippen LogP) is 4.14. The molecule has 2 rings (SSSR count). The zero-order chi connectivity index (χ0) is 15.6. The Bertz CT molecular complexity index is 714. The normalized spacial score (nSPS) is 10.3. The van der Waals surface area contributed by atoms with Crippen LogP contribution in [0.5, 0.6) is 11.6 Å². The number of nitro benzene ring substituents is 1. The summed E-state index contributed by atoms with van der Waals surface area (Å²) in [5.41, 5.74) is 2.15. The molecule has 0 aliphatic carbocycles. The van der Waals surface area contributed by atoms with E-state index in [1.54, 1.807) is 0 Å². The number of pyridine rings is 1. The molecule has 1 heterocycles. The van der Waals surface area contributed by atoms with Crippen molar-refractivity contribution in [1.29, 1.82) is 0 Å². The third-order valence-electron chi connectivity index (χ3n) is 2.32. The van der Waals surface area contributed by atoms with E-state index in [1.807, 2.05) is 0 Å². The van der Waals surface area contributed by atoms with Crippen molar-refractivity contribution in [3.8, 4) is 11.6 Å². The Morgan fingerprint density at radius 2 is 2.00 bits per heavy atom. The van der Waals surface area contributed by atoms with Gasteiger partial charge in [-0.05, 0) is 12.1 Å². The molecule has 0 unspecified atom stereocenters. The number of nitrogens with zero attached hydrogens (tertiary/aromatic N) is 2. The molecule has 0 fully saturated rings. The smallest absolute Gasteiger partial charge is 0.274 e. The number of anilines is 1. The van der Waals surface area contributed by atoms with E-state index in [9.17, 15) is 10.1 Å². The van der Waals surface area contributed by atoms with Crippen LogP contribution in [0.15, 0.2) is 28.7 Å². The molecule has 10 heteroatoms. The van der Waals surface area contributed by atoms with E-state index in [0.29, 0.717) is 4.47 Å². The Hall–Kier alpha value is -1.61. The minimum atomic E-state index is -0.540. The Kier molecular flexibility index (Phi) is 4.84. The van der Waals surface area contributed by atoms with Crippen molar-refractivity contribution in [1.82, 2.24) is 4.98 Å². The van der Waals surface area contributed by atoms with E-state index in [-0.39, 0.29) is 33.2 Å². The number of nitro groups is 1. The van der Waals surface area contributed by atoms with Gasteiger partial charge in [0.25, 0.3) is 5.69 Å². The van der Waals surface area contributed by atoms with Gasteiger partial charge in [-0.25, -0.2) is 5.84 Å². The van der Waals surface area contributed by atoms with Crippen LogP contribution in [-0.4, -0.2) is 9.91 Å². The van der Waals surface area contributed by atoms with E-state index < -0.39 is 4.92 Å². The van der Waals surface area contributed by atoms with Crippen LogP contribution in [0.2, 0.25) is 10.0 Å². The number of hydrogen-bond acceptors (Lipinski definition) is 6. The number of hydrazine groups is 1. The quantitative estimate of drug-likeness (QED) is 0.459. The highest BCUT2D eigenvalue weighted by molar-refractivity contribution is 9.10. The fourth-order valence-corrected chi connectivity index (χ4v) is 2.36. The number of nitrogens with one attached hydrogen (secondary N) is 1. The average Bonchev–Trinajstić information content (AvgIpc) is 2.41. The number of nitrogen functional groups attached to an aromatic ring is 1. The summed E-state index contributed by atoms with van der Waals surface area (Å²) < 4.78 is 5.93. The molecule has 21 heavy (non-hydrogen) atoms. The summed E-state index contributed by atoms with van der Waals surface area (Å²) in [6, 6.07) is 5.52. The van der Waals surface area contributed by atoms with Crippen LogP contribution in [0.3, 0.4) is 0 Å². The van der Waals surface area contributed by atoms with Gasteiger partial charge in [-0.15, -0.1) is 0 Å². The van der Waals surface area contributed by atoms with Gasteiger partial charge >= 0.3 is 0 Å². The van der Waals surface area contributed by atoms with Crippen LogP contribution in [0.1, 0.15) is 0 Å². The second-order valence-electron chi connectivity index (χ2n) is 3.75. The lowest BCUT2D eigenvalue weighted by Gasteiger charge is -2.10. The molecule has 0 atom stereocenters. The molecule has 0 spiro atoms. The number of ether oxygens (including phenoxy) is 1. The summed E-state index contributed by atoms with van der Waals surface area (Å²) in [7, 11) is 0. The van der Waals surface area contributed by atoms with E-state index >= 15 is 0 Å². The van der Waals surface area contributed by atoms with Crippen LogP contribution in [0.4, 0.5) is 11.5 Å². The summed E-state index contributed by atoms with van der Waals surface area (Å²) in [5.74, 6) is 5.63. The van der Waals surface area contributed by atoms with Gasteiger partial charge in [-0.2, -0.15) is 4.98 Å². The van der Waals surface area contributed by atoms with Gasteiger partial charge in [0.05, 0.1) is 16.0 Å². The first kappa shape index (κ1) is 15.8. The number of halogens is 3. The summed E-state index contributed by atoms with van der Waals surface area (Å²) in [6.45, 7) is 0. The van der Waals surface area contributed by atoms with Crippen molar-refractivity contribution in [2.24, 2.45) is 5.84 Å². The first-order valence-corrected chi connectivity index (χ1v) is 6.91. The first-order valence-electron chi connectivity index (χ1n) is 5.36. The van der Waals surface area contributed by atoms with Crippen molar-refractivity contribution >= 4 is 50.6 Å². The van der Waals surface area contributed by atoms with Gasteiger partial charge in [0.1, 0.15) is 10.8 Å². The molecule has 1 aromatic heterocycles. The summed E-state index contributed by atoms with van der Waals surface area (Å²) >= 11 is 15.0. The van der Waals surface area contributed by atoms with E-state index in [1.165, 1.54) is 24.3 Å². The number of hydrogen-bond donors (Lipinski definition) is 2. The fourth-order valence-electron chi connectivity index (χ4n) is 1.45. The molecule has 110 valence electrons. The predicted molar refractivity (Wildman–Crippen MR) is 82.9 cm³/mol. The van der Waals surface area contributed by atoms with Gasteiger partial charge < -0.3 is 10.2 Å². The SMILES string of the molecule is NNc1nc(Oc2cc(Br)cc([N+](=O)[O-])c2)c(Cl)cc1Cl. The summed E-state index contributed by atoms with van der Waals surface area (Å²) in [6.07, 6.45) is 0. The molecule has 0 radical (unpaired) electrons. The molecule has 0 aliphatic heterocycles. The zero-order valence-electron chi connectivity index (χ0n) is 10.1. The van der Waals surface area contributed by atoms with Crippen molar-refractivity contribution in [3.63, 3.8) is 0 Å². The number of non-ortho nitro benzene ring substituents is 1. The second-order valence-corrected chi connectivity index (χ2v) is 5.48. The van der Waals surface area contributed by atoms with E-state index in [2.05, 4.69) is 26.3 Å². The Labute approximate surface area is 137 Å². The highest BCUT2D eigenvalue weighted by atomic mass is 79.9. The molecule has 0 saturated carbocycles. The Morgan fingerprint density at radius 3 is 2.62 bits per heavy atom. The largest absolute Gasteiger partial charge is 0.437 e. The second kappa shape index (κ2) is 6.44. The molecule has 0 aliphatic rings. The van der Waals surface area contributed by atoms with Crippen LogP contribution in [0.25, 0.3) is 0 Å². The van der Waals surface area contributed by atoms with Crippen LogP contribution < -0.4 is 16.0 Å². The van der Waals surface area contributed by atoms with Gasteiger partial charge in [-0.3, -0.25) is 10.1 Å². The lowest BCUT2D eigenvalue weighted by molar-refractivity contribution is -0.385.